The number of nitrogens with zero attached hydrogens (tertiary/aromatic N) is 3. The van der Waals surface area contributed by atoms with Crippen molar-refractivity contribution in [2.45, 2.75) is 25.4 Å². The van der Waals surface area contributed by atoms with Gasteiger partial charge in [0.1, 0.15) is 0 Å². The number of aliphatic hydroxyl groups excluding tert-OH is 1. The Balaban J connectivity index is 1.84. The predicted octanol–water partition coefficient (Wildman–Crippen LogP) is 1.82. The number of hydrogen-bond acceptors (Lipinski definition) is 5. The molecule has 1 atom stereocenters. The summed E-state index contributed by atoms with van der Waals surface area (Å²) in [5.41, 5.74) is 0.557. The molecule has 0 aliphatic carbocycles. The molecule has 1 aliphatic rings. The third-order valence-electron chi connectivity index (χ3n) is 4.57. The van der Waals surface area contributed by atoms with E-state index in [0.29, 0.717) is 24.4 Å². The molecule has 0 bridgehead atoms. The van der Waals surface area contributed by atoms with Crippen LogP contribution in [-0.2, 0) is 4.79 Å². The summed E-state index contributed by atoms with van der Waals surface area (Å²) < 4.78 is 0. The highest BCUT2D eigenvalue weighted by molar-refractivity contribution is 5.75. The molecule has 1 aromatic carbocycles. The molecule has 1 saturated heterocycles. The van der Waals surface area contributed by atoms with Crippen LogP contribution in [0, 0.1) is 16.0 Å². The molecule has 0 saturated carbocycles. The topological polar surface area (TPSA) is 86.9 Å². The van der Waals surface area contributed by atoms with Crippen LogP contribution in [0.5, 0.6) is 0 Å². The lowest BCUT2D eigenvalue weighted by Crippen LogP contribution is -2.38. The third kappa shape index (κ3) is 5.01. The minimum Gasteiger partial charge on any atom is -0.387 e. The minimum absolute atomic E-state index is 0.00699. The minimum atomic E-state index is -0.746. The van der Waals surface area contributed by atoms with Crippen LogP contribution in [0.2, 0.25) is 0 Å². The van der Waals surface area contributed by atoms with Gasteiger partial charge in [-0.2, -0.15) is 0 Å². The fourth-order valence-corrected chi connectivity index (χ4v) is 3.00. The second-order valence-corrected chi connectivity index (χ2v) is 6.60. The van der Waals surface area contributed by atoms with Gasteiger partial charge in [-0.05, 0) is 37.4 Å². The fourth-order valence-electron chi connectivity index (χ4n) is 3.00. The van der Waals surface area contributed by atoms with Crippen LogP contribution in [0.3, 0.4) is 0 Å². The fraction of sp³-hybridized carbons (Fsp3) is 0.588. The van der Waals surface area contributed by atoms with Gasteiger partial charge in [-0.15, -0.1) is 0 Å². The van der Waals surface area contributed by atoms with Crippen molar-refractivity contribution in [2.24, 2.45) is 5.92 Å². The van der Waals surface area contributed by atoms with Crippen molar-refractivity contribution >= 4 is 11.6 Å². The van der Waals surface area contributed by atoms with Gasteiger partial charge < -0.3 is 14.9 Å². The number of rotatable bonds is 6. The van der Waals surface area contributed by atoms with Gasteiger partial charge in [-0.1, -0.05) is 12.1 Å². The molecular formula is C17H25N3O4. The number of amides is 1. The first-order valence-corrected chi connectivity index (χ1v) is 8.21. The van der Waals surface area contributed by atoms with Crippen molar-refractivity contribution in [1.29, 1.82) is 0 Å². The second kappa shape index (κ2) is 8.21. The highest BCUT2D eigenvalue weighted by Gasteiger charge is 2.24. The number of aliphatic hydroxyl groups is 1. The molecule has 132 valence electrons. The molecule has 1 aliphatic heterocycles. The number of non-ortho nitro benzene ring substituents is 1. The zero-order chi connectivity index (χ0) is 17.7. The van der Waals surface area contributed by atoms with E-state index in [1.54, 1.807) is 31.1 Å². The quantitative estimate of drug-likeness (QED) is 0.633. The van der Waals surface area contributed by atoms with Gasteiger partial charge >= 0.3 is 0 Å². The smallest absolute Gasteiger partial charge is 0.269 e. The predicted molar refractivity (Wildman–Crippen MR) is 90.5 cm³/mol. The van der Waals surface area contributed by atoms with Gasteiger partial charge in [0.25, 0.3) is 5.69 Å². The van der Waals surface area contributed by atoms with Gasteiger partial charge in [0, 0.05) is 39.2 Å². The lowest BCUT2D eigenvalue weighted by molar-refractivity contribution is -0.385. The molecule has 7 nitrogen and oxygen atoms in total. The molecule has 1 amide bonds. The van der Waals surface area contributed by atoms with Crippen LogP contribution in [0.25, 0.3) is 0 Å². The zero-order valence-electron chi connectivity index (χ0n) is 14.2. The highest BCUT2D eigenvalue weighted by Crippen LogP contribution is 2.24. The number of nitro benzene ring substituents is 1. The Kier molecular flexibility index (Phi) is 6.28. The number of likely N-dealkylation sites (tertiary alicyclic amines) is 1. The largest absolute Gasteiger partial charge is 0.387 e. The molecule has 7 heteroatoms. The van der Waals surface area contributed by atoms with Crippen LogP contribution in [0.4, 0.5) is 5.69 Å². The number of hydrogen-bond donors (Lipinski definition) is 1. The Hall–Kier alpha value is -1.99. The van der Waals surface area contributed by atoms with Crippen LogP contribution in [0.15, 0.2) is 24.3 Å². The van der Waals surface area contributed by atoms with Gasteiger partial charge in [0.2, 0.25) is 5.91 Å². The summed E-state index contributed by atoms with van der Waals surface area (Å²) in [7, 11) is 3.54. The Labute approximate surface area is 142 Å². The van der Waals surface area contributed by atoms with E-state index in [2.05, 4.69) is 4.90 Å². The lowest BCUT2D eigenvalue weighted by atomic mass is 9.92. The first-order chi connectivity index (χ1) is 11.4. The maximum Gasteiger partial charge on any atom is 0.269 e. The van der Waals surface area contributed by atoms with E-state index in [1.165, 1.54) is 12.1 Å². The molecule has 1 unspecified atom stereocenters. The zero-order valence-corrected chi connectivity index (χ0v) is 14.2. The van der Waals surface area contributed by atoms with Gasteiger partial charge in [0.15, 0.2) is 0 Å². The van der Waals surface area contributed by atoms with Crippen molar-refractivity contribution in [3.63, 3.8) is 0 Å². The normalized spacial score (nSPS) is 17.5. The lowest BCUT2D eigenvalue weighted by Gasteiger charge is -2.33. The van der Waals surface area contributed by atoms with E-state index in [9.17, 15) is 20.0 Å². The van der Waals surface area contributed by atoms with Crippen LogP contribution < -0.4 is 0 Å². The van der Waals surface area contributed by atoms with E-state index in [4.69, 9.17) is 0 Å². The summed E-state index contributed by atoms with van der Waals surface area (Å²) in [4.78, 5) is 25.9. The Morgan fingerprint density at radius 1 is 1.42 bits per heavy atom. The summed E-state index contributed by atoms with van der Waals surface area (Å²) in [5.74, 6) is 0.552. The molecule has 2 rings (SSSR count). The van der Waals surface area contributed by atoms with Crippen molar-refractivity contribution < 1.29 is 14.8 Å². The Bertz CT molecular complexity index is 583. The van der Waals surface area contributed by atoms with E-state index < -0.39 is 11.0 Å². The van der Waals surface area contributed by atoms with E-state index in [0.717, 1.165) is 25.9 Å². The van der Waals surface area contributed by atoms with E-state index >= 15 is 0 Å². The maximum atomic E-state index is 11.8. The highest BCUT2D eigenvalue weighted by atomic mass is 16.6. The first-order valence-electron chi connectivity index (χ1n) is 8.21. The van der Waals surface area contributed by atoms with Crippen LogP contribution >= 0.6 is 0 Å². The van der Waals surface area contributed by atoms with Gasteiger partial charge in [0.05, 0.1) is 11.0 Å². The average molecular weight is 335 g/mol. The van der Waals surface area contributed by atoms with Gasteiger partial charge in [-0.3, -0.25) is 14.9 Å². The molecule has 0 aromatic heterocycles. The summed E-state index contributed by atoms with van der Waals surface area (Å²) in [5, 5.41) is 21.2. The molecule has 1 aromatic rings. The molecular weight excluding hydrogens is 310 g/mol. The van der Waals surface area contributed by atoms with Crippen molar-refractivity contribution in [2.75, 3.05) is 33.7 Å². The summed E-state index contributed by atoms with van der Waals surface area (Å²) >= 11 is 0. The van der Waals surface area contributed by atoms with Crippen LogP contribution in [0.1, 0.15) is 30.9 Å². The standard InChI is InChI=1S/C17H25N3O4/c1-18(2)17(22)10-13-6-8-19(9-7-13)12-16(21)14-4-3-5-15(11-14)20(23)24/h3-5,11,13,16,21H,6-10,12H2,1-2H3. The second-order valence-electron chi connectivity index (χ2n) is 6.60. The molecule has 0 radical (unpaired) electrons. The molecule has 0 spiro atoms. The van der Waals surface area contributed by atoms with E-state index in [-0.39, 0.29) is 11.6 Å². The summed E-state index contributed by atoms with van der Waals surface area (Å²) in [6.45, 7) is 2.12. The number of benzene rings is 1. The number of piperidine rings is 1. The summed E-state index contributed by atoms with van der Waals surface area (Å²) in [6.07, 6.45) is 1.70. The molecule has 1 N–H and O–H groups in total. The molecule has 1 fully saturated rings. The van der Waals surface area contributed by atoms with Gasteiger partial charge in [-0.25, -0.2) is 0 Å². The average Bonchev–Trinajstić information content (AvgIpc) is 2.56. The maximum absolute atomic E-state index is 11.8. The summed E-state index contributed by atoms with van der Waals surface area (Å²) in [6, 6.07) is 6.15. The Morgan fingerprint density at radius 2 is 2.08 bits per heavy atom. The number of nitro groups is 1. The number of carbonyl (C=O) groups excluding carboxylic acids is 1. The number of carbonyl (C=O) groups is 1. The van der Waals surface area contributed by atoms with Crippen molar-refractivity contribution in [3.8, 4) is 0 Å². The first kappa shape index (κ1) is 18.4. The molecule has 24 heavy (non-hydrogen) atoms. The van der Waals surface area contributed by atoms with Crippen molar-refractivity contribution in [3.05, 3.63) is 39.9 Å². The Morgan fingerprint density at radius 3 is 2.67 bits per heavy atom. The number of β-amino-alcohol motifs (C(OH)–C–C–N with tert-alkyl or cyclic N) is 1. The molecule has 1 heterocycles. The SMILES string of the molecule is CN(C)C(=O)CC1CCN(CC(O)c2cccc([N+](=O)[O-])c2)CC1. The van der Waals surface area contributed by atoms with E-state index in [1.807, 2.05) is 0 Å². The monoisotopic (exact) mass is 335 g/mol. The van der Waals surface area contributed by atoms with Crippen LogP contribution in [-0.4, -0.2) is 59.5 Å². The third-order valence-corrected chi connectivity index (χ3v) is 4.57. The van der Waals surface area contributed by atoms with Crippen molar-refractivity contribution in [1.82, 2.24) is 9.80 Å².